The van der Waals surface area contributed by atoms with Crippen LogP contribution in [-0.2, 0) is 12.8 Å². The zero-order valence-corrected chi connectivity index (χ0v) is 21.2. The second-order valence-electron chi connectivity index (χ2n) is 9.16. The van der Waals surface area contributed by atoms with Gasteiger partial charge in [0, 0.05) is 12.1 Å². The molecule has 0 aliphatic heterocycles. The Kier molecular flexibility index (Phi) is 13.7. The van der Waals surface area contributed by atoms with Gasteiger partial charge in [-0.2, -0.15) is 0 Å². The van der Waals surface area contributed by atoms with E-state index in [2.05, 4.69) is 12.2 Å². The van der Waals surface area contributed by atoms with Gasteiger partial charge in [-0.15, -0.1) is 0 Å². The molecule has 0 saturated heterocycles. The topological polar surface area (TPSA) is 58.9 Å². The highest BCUT2D eigenvalue weighted by Crippen LogP contribution is 2.24. The molecule has 0 fully saturated rings. The molecule has 34 heavy (non-hydrogen) atoms. The first kappa shape index (κ1) is 27.6. The predicted molar refractivity (Wildman–Crippen MR) is 141 cm³/mol. The minimum atomic E-state index is 0.285. The van der Waals surface area contributed by atoms with Crippen molar-refractivity contribution in [3.05, 3.63) is 59.7 Å². The second kappa shape index (κ2) is 16.9. The summed E-state index contributed by atoms with van der Waals surface area (Å²) in [6.07, 6.45) is 21.6. The van der Waals surface area contributed by atoms with Gasteiger partial charge in [-0.1, -0.05) is 50.7 Å². The number of allylic oxidation sites excluding steroid dienone is 2. The lowest BCUT2D eigenvalue weighted by Gasteiger charge is -2.06. The summed E-state index contributed by atoms with van der Waals surface area (Å²) in [5.41, 5.74) is 2.30. The van der Waals surface area contributed by atoms with Crippen LogP contribution in [0, 0.1) is 0 Å². The molecule has 0 atom stereocenters. The summed E-state index contributed by atoms with van der Waals surface area (Å²) in [7, 11) is 3.27. The van der Waals surface area contributed by atoms with Gasteiger partial charge >= 0.3 is 0 Å². The van der Waals surface area contributed by atoms with Gasteiger partial charge in [0.1, 0.15) is 23.0 Å². The summed E-state index contributed by atoms with van der Waals surface area (Å²) in [6.45, 7) is 0. The van der Waals surface area contributed by atoms with E-state index in [1.54, 1.807) is 26.4 Å². The van der Waals surface area contributed by atoms with Crippen molar-refractivity contribution in [1.29, 1.82) is 0 Å². The van der Waals surface area contributed by atoms with E-state index in [1.165, 1.54) is 64.2 Å². The third-order valence-electron chi connectivity index (χ3n) is 6.21. The van der Waals surface area contributed by atoms with Crippen LogP contribution >= 0.6 is 0 Å². The number of aromatic hydroxyl groups is 2. The van der Waals surface area contributed by atoms with Crippen LogP contribution in [0.2, 0.25) is 0 Å². The standard InChI is InChI=1S/C30H44O4/c1-33-29-21-25(19-27(31)23-29)17-15-13-11-9-7-5-3-4-6-8-10-12-14-16-18-26-20-28(32)24-30(22-26)34-2/h3-4,19-24,31-32H,5-18H2,1-2H3/b4-3-. The van der Waals surface area contributed by atoms with Crippen LogP contribution < -0.4 is 9.47 Å². The highest BCUT2D eigenvalue weighted by Gasteiger charge is 2.02. The van der Waals surface area contributed by atoms with Gasteiger partial charge in [0.05, 0.1) is 14.2 Å². The van der Waals surface area contributed by atoms with Crippen LogP contribution in [0.25, 0.3) is 0 Å². The normalized spacial score (nSPS) is 11.2. The third kappa shape index (κ3) is 12.0. The van der Waals surface area contributed by atoms with Crippen molar-refractivity contribution in [2.45, 2.75) is 89.9 Å². The van der Waals surface area contributed by atoms with E-state index >= 15 is 0 Å². The summed E-state index contributed by atoms with van der Waals surface area (Å²) < 4.78 is 10.4. The van der Waals surface area contributed by atoms with E-state index in [1.807, 2.05) is 24.3 Å². The molecule has 0 aliphatic rings. The molecule has 2 aromatic carbocycles. The molecule has 2 aromatic rings. The molecule has 0 radical (unpaired) electrons. The van der Waals surface area contributed by atoms with Crippen LogP contribution in [0.1, 0.15) is 88.2 Å². The van der Waals surface area contributed by atoms with Crippen LogP contribution in [0.5, 0.6) is 23.0 Å². The highest BCUT2D eigenvalue weighted by molar-refractivity contribution is 5.38. The Labute approximate surface area is 206 Å². The van der Waals surface area contributed by atoms with E-state index in [9.17, 15) is 10.2 Å². The Bertz CT molecular complexity index is 774. The van der Waals surface area contributed by atoms with Crippen molar-refractivity contribution in [2.24, 2.45) is 0 Å². The number of ether oxygens (including phenoxy) is 2. The molecule has 4 nitrogen and oxygen atoms in total. The molecule has 0 bridgehead atoms. The number of hydrogen-bond acceptors (Lipinski definition) is 4. The van der Waals surface area contributed by atoms with Gasteiger partial charge in [0.15, 0.2) is 0 Å². The summed E-state index contributed by atoms with van der Waals surface area (Å²) in [6, 6.07) is 11.0. The number of unbranched alkanes of at least 4 members (excludes halogenated alkanes) is 10. The number of phenolic OH excluding ortho intramolecular Hbond substituents is 2. The van der Waals surface area contributed by atoms with Crippen LogP contribution in [0.3, 0.4) is 0 Å². The average Bonchev–Trinajstić information content (AvgIpc) is 2.83. The number of methoxy groups -OCH3 is 2. The lowest BCUT2D eigenvalue weighted by atomic mass is 10.0. The lowest BCUT2D eigenvalue weighted by molar-refractivity contribution is 0.406. The molecule has 2 N–H and O–H groups in total. The molecular weight excluding hydrogens is 424 g/mol. The van der Waals surface area contributed by atoms with Crippen LogP contribution in [0.15, 0.2) is 48.6 Å². The van der Waals surface area contributed by atoms with Crippen molar-refractivity contribution in [2.75, 3.05) is 14.2 Å². The molecule has 0 aliphatic carbocycles. The Morgan fingerprint density at radius 2 is 0.912 bits per heavy atom. The van der Waals surface area contributed by atoms with Gasteiger partial charge < -0.3 is 19.7 Å². The molecule has 0 saturated carbocycles. The first-order valence-electron chi connectivity index (χ1n) is 13.0. The van der Waals surface area contributed by atoms with Crippen LogP contribution in [-0.4, -0.2) is 24.4 Å². The Morgan fingerprint density at radius 1 is 0.529 bits per heavy atom. The fraction of sp³-hybridized carbons (Fsp3) is 0.533. The lowest BCUT2D eigenvalue weighted by Crippen LogP contribution is -1.89. The van der Waals surface area contributed by atoms with E-state index < -0.39 is 0 Å². The second-order valence-corrected chi connectivity index (χ2v) is 9.16. The summed E-state index contributed by atoms with van der Waals surface area (Å²) >= 11 is 0. The number of hydrogen-bond donors (Lipinski definition) is 2. The number of aryl methyl sites for hydroxylation is 2. The van der Waals surface area contributed by atoms with Crippen LogP contribution in [0.4, 0.5) is 0 Å². The van der Waals surface area contributed by atoms with E-state index in [4.69, 9.17) is 9.47 Å². The molecular formula is C30H44O4. The smallest absolute Gasteiger partial charge is 0.122 e. The molecule has 0 heterocycles. The van der Waals surface area contributed by atoms with E-state index in [0.29, 0.717) is 0 Å². The van der Waals surface area contributed by atoms with Gasteiger partial charge in [-0.05, 0) is 86.8 Å². The van der Waals surface area contributed by atoms with Crippen molar-refractivity contribution >= 4 is 0 Å². The molecule has 0 amide bonds. The van der Waals surface area contributed by atoms with Crippen molar-refractivity contribution in [3.8, 4) is 23.0 Å². The minimum absolute atomic E-state index is 0.285. The number of benzene rings is 2. The SMILES string of the molecule is COc1cc(O)cc(CCCCCCC/C=C\CCCCCCCc2cc(O)cc(OC)c2)c1. The number of rotatable bonds is 18. The molecule has 0 aromatic heterocycles. The third-order valence-corrected chi connectivity index (χ3v) is 6.21. The van der Waals surface area contributed by atoms with Gasteiger partial charge in [-0.3, -0.25) is 0 Å². The maximum Gasteiger partial charge on any atom is 0.122 e. The fourth-order valence-electron chi connectivity index (χ4n) is 4.29. The summed E-state index contributed by atoms with van der Waals surface area (Å²) in [5, 5.41) is 19.4. The Hall–Kier alpha value is -2.62. The Morgan fingerprint density at radius 3 is 1.32 bits per heavy atom. The molecule has 188 valence electrons. The number of phenols is 2. The monoisotopic (exact) mass is 468 g/mol. The minimum Gasteiger partial charge on any atom is -0.508 e. The summed E-state index contributed by atoms with van der Waals surface area (Å²) in [5.74, 6) is 2.03. The Balaban J connectivity index is 1.38. The van der Waals surface area contributed by atoms with Gasteiger partial charge in [0.2, 0.25) is 0 Å². The maximum atomic E-state index is 9.72. The fourth-order valence-corrected chi connectivity index (χ4v) is 4.29. The van der Waals surface area contributed by atoms with Gasteiger partial charge in [-0.25, -0.2) is 0 Å². The molecule has 0 spiro atoms. The zero-order valence-electron chi connectivity index (χ0n) is 21.2. The molecule has 2 rings (SSSR count). The van der Waals surface area contributed by atoms with Crippen molar-refractivity contribution in [1.82, 2.24) is 0 Å². The van der Waals surface area contributed by atoms with E-state index in [-0.39, 0.29) is 11.5 Å². The maximum absolute atomic E-state index is 9.72. The molecule has 0 unspecified atom stereocenters. The first-order valence-corrected chi connectivity index (χ1v) is 13.0. The van der Waals surface area contributed by atoms with E-state index in [0.717, 1.165) is 48.3 Å². The summed E-state index contributed by atoms with van der Waals surface area (Å²) in [4.78, 5) is 0. The molecule has 4 heteroatoms. The average molecular weight is 469 g/mol. The first-order chi connectivity index (χ1) is 16.6. The van der Waals surface area contributed by atoms with Crippen molar-refractivity contribution < 1.29 is 19.7 Å². The van der Waals surface area contributed by atoms with Crippen molar-refractivity contribution in [3.63, 3.8) is 0 Å². The predicted octanol–water partition coefficient (Wildman–Crippen LogP) is 8.14. The quantitative estimate of drug-likeness (QED) is 0.171. The van der Waals surface area contributed by atoms with Gasteiger partial charge in [0.25, 0.3) is 0 Å². The zero-order chi connectivity index (χ0) is 24.4. The largest absolute Gasteiger partial charge is 0.508 e. The highest BCUT2D eigenvalue weighted by atomic mass is 16.5.